The predicted molar refractivity (Wildman–Crippen MR) is 69.0 cm³/mol. The third-order valence-electron chi connectivity index (χ3n) is 3.24. The summed E-state index contributed by atoms with van der Waals surface area (Å²) in [5.41, 5.74) is 0. The van der Waals surface area contributed by atoms with E-state index in [-0.39, 0.29) is 12.5 Å². The molecule has 1 aliphatic heterocycles. The van der Waals surface area contributed by atoms with Crippen molar-refractivity contribution in [3.8, 4) is 5.75 Å². The summed E-state index contributed by atoms with van der Waals surface area (Å²) in [6, 6.07) is 7.09. The highest BCUT2D eigenvalue weighted by molar-refractivity contribution is 6.32. The van der Waals surface area contributed by atoms with Crippen molar-refractivity contribution in [2.24, 2.45) is 11.8 Å². The van der Waals surface area contributed by atoms with E-state index in [2.05, 4.69) is 5.32 Å². The maximum atomic E-state index is 11.3. The average molecular weight is 270 g/mol. The van der Waals surface area contributed by atoms with Crippen molar-refractivity contribution >= 4 is 17.6 Å². The first kappa shape index (κ1) is 13.2. The molecule has 5 heteroatoms. The number of carboxylic acids is 1. The zero-order valence-corrected chi connectivity index (χ0v) is 10.7. The highest BCUT2D eigenvalue weighted by Crippen LogP contribution is 2.26. The van der Waals surface area contributed by atoms with Crippen molar-refractivity contribution in [2.45, 2.75) is 6.42 Å². The van der Waals surface area contributed by atoms with Gasteiger partial charge in [-0.25, -0.2) is 0 Å². The highest BCUT2D eigenvalue weighted by Gasteiger charge is 2.31. The van der Waals surface area contributed by atoms with Gasteiger partial charge in [0.05, 0.1) is 10.9 Å². The van der Waals surface area contributed by atoms with Gasteiger partial charge >= 0.3 is 5.97 Å². The number of aliphatic carboxylic acids is 1. The lowest BCUT2D eigenvalue weighted by Crippen LogP contribution is -2.30. The molecule has 0 aliphatic carbocycles. The van der Waals surface area contributed by atoms with Crippen LogP contribution < -0.4 is 10.1 Å². The van der Waals surface area contributed by atoms with Crippen LogP contribution in [-0.4, -0.2) is 30.8 Å². The van der Waals surface area contributed by atoms with Gasteiger partial charge in [-0.05, 0) is 37.6 Å². The van der Waals surface area contributed by atoms with Gasteiger partial charge in [0.25, 0.3) is 0 Å². The fraction of sp³-hybridized carbons (Fsp3) is 0.462. The van der Waals surface area contributed by atoms with Crippen LogP contribution in [0.3, 0.4) is 0 Å². The van der Waals surface area contributed by atoms with Gasteiger partial charge in [0.15, 0.2) is 0 Å². The third-order valence-corrected chi connectivity index (χ3v) is 3.55. The van der Waals surface area contributed by atoms with E-state index in [1.807, 2.05) is 12.1 Å². The maximum absolute atomic E-state index is 11.3. The number of carboxylic acid groups (broad SMARTS) is 1. The number of rotatable bonds is 5. The van der Waals surface area contributed by atoms with Gasteiger partial charge in [-0.3, -0.25) is 4.79 Å². The zero-order valence-electron chi connectivity index (χ0n) is 9.93. The molecule has 0 spiro atoms. The quantitative estimate of drug-likeness (QED) is 0.859. The fourth-order valence-corrected chi connectivity index (χ4v) is 2.36. The van der Waals surface area contributed by atoms with Crippen LogP contribution >= 0.6 is 11.6 Å². The molecule has 1 saturated heterocycles. The topological polar surface area (TPSA) is 58.6 Å². The van der Waals surface area contributed by atoms with Crippen LogP contribution in [0.4, 0.5) is 0 Å². The molecule has 18 heavy (non-hydrogen) atoms. The van der Waals surface area contributed by atoms with E-state index in [1.54, 1.807) is 12.1 Å². The van der Waals surface area contributed by atoms with E-state index in [0.29, 0.717) is 10.8 Å². The second-order valence-electron chi connectivity index (χ2n) is 4.44. The van der Waals surface area contributed by atoms with Crippen LogP contribution in [0.2, 0.25) is 5.02 Å². The van der Waals surface area contributed by atoms with Crippen molar-refractivity contribution < 1.29 is 14.6 Å². The number of para-hydroxylation sites is 1. The Labute approximate surface area is 111 Å². The average Bonchev–Trinajstić information content (AvgIpc) is 2.85. The van der Waals surface area contributed by atoms with Crippen LogP contribution in [0.1, 0.15) is 6.42 Å². The molecule has 1 heterocycles. The molecule has 2 unspecified atom stereocenters. The number of carbonyl (C=O) groups is 1. The van der Waals surface area contributed by atoms with Crippen LogP contribution in [0.5, 0.6) is 5.75 Å². The molecule has 4 nitrogen and oxygen atoms in total. The maximum Gasteiger partial charge on any atom is 0.310 e. The molecule has 0 bridgehead atoms. The summed E-state index contributed by atoms with van der Waals surface area (Å²) in [6.07, 6.45) is 0.878. The first-order valence-electron chi connectivity index (χ1n) is 5.99. The van der Waals surface area contributed by atoms with E-state index in [4.69, 9.17) is 16.3 Å². The van der Waals surface area contributed by atoms with Crippen molar-refractivity contribution in [1.82, 2.24) is 5.32 Å². The van der Waals surface area contributed by atoms with E-state index in [9.17, 15) is 9.90 Å². The summed E-state index contributed by atoms with van der Waals surface area (Å²) in [5, 5.41) is 12.9. The largest absolute Gasteiger partial charge is 0.491 e. The molecule has 2 rings (SSSR count). The van der Waals surface area contributed by atoms with Crippen LogP contribution in [0.15, 0.2) is 24.3 Å². The lowest BCUT2D eigenvalue weighted by Gasteiger charge is -2.19. The molecule has 2 N–H and O–H groups in total. The number of nitrogens with one attached hydrogen (secondary N) is 1. The summed E-state index contributed by atoms with van der Waals surface area (Å²) in [4.78, 5) is 11.3. The van der Waals surface area contributed by atoms with Crippen LogP contribution in [0.25, 0.3) is 0 Å². The summed E-state index contributed by atoms with van der Waals surface area (Å²) in [6.45, 7) is 1.77. The second kappa shape index (κ2) is 6.07. The molecule has 0 radical (unpaired) electrons. The SMILES string of the molecule is O=C(O)C(COc1ccccc1Cl)C1CCNC1. The highest BCUT2D eigenvalue weighted by atomic mass is 35.5. The van der Waals surface area contributed by atoms with E-state index >= 15 is 0 Å². The Kier molecular flexibility index (Phi) is 4.44. The van der Waals surface area contributed by atoms with Crippen molar-refractivity contribution in [2.75, 3.05) is 19.7 Å². The zero-order chi connectivity index (χ0) is 13.0. The minimum absolute atomic E-state index is 0.130. The third kappa shape index (κ3) is 3.15. The Morgan fingerprint density at radius 2 is 2.33 bits per heavy atom. The molecule has 0 amide bonds. The van der Waals surface area contributed by atoms with E-state index in [1.165, 1.54) is 0 Å². The summed E-state index contributed by atoms with van der Waals surface area (Å²) >= 11 is 5.96. The van der Waals surface area contributed by atoms with Gasteiger partial charge < -0.3 is 15.2 Å². The smallest absolute Gasteiger partial charge is 0.310 e. The minimum Gasteiger partial charge on any atom is -0.491 e. The summed E-state index contributed by atoms with van der Waals surface area (Å²) < 4.78 is 5.53. The lowest BCUT2D eigenvalue weighted by molar-refractivity contribution is -0.144. The van der Waals surface area contributed by atoms with Gasteiger partial charge in [-0.1, -0.05) is 23.7 Å². The van der Waals surface area contributed by atoms with Crippen molar-refractivity contribution in [1.29, 1.82) is 0 Å². The Morgan fingerprint density at radius 1 is 1.56 bits per heavy atom. The molecule has 98 valence electrons. The predicted octanol–water partition coefficient (Wildman–Crippen LogP) is 2.03. The normalized spacial score (nSPS) is 20.6. The molecule has 2 atom stereocenters. The molecule has 0 saturated carbocycles. The number of hydrogen-bond donors (Lipinski definition) is 2. The van der Waals surface area contributed by atoms with Crippen LogP contribution in [-0.2, 0) is 4.79 Å². The second-order valence-corrected chi connectivity index (χ2v) is 4.85. The van der Waals surface area contributed by atoms with E-state index in [0.717, 1.165) is 19.5 Å². The molecule has 1 aromatic carbocycles. The molecular weight excluding hydrogens is 254 g/mol. The number of halogens is 1. The summed E-state index contributed by atoms with van der Waals surface area (Å²) in [5.74, 6) is -0.631. The van der Waals surface area contributed by atoms with Crippen molar-refractivity contribution in [3.63, 3.8) is 0 Å². The standard InChI is InChI=1S/C13H16ClNO3/c14-11-3-1-2-4-12(11)18-8-10(13(16)17)9-5-6-15-7-9/h1-4,9-10,15H,5-8H2,(H,16,17). The Balaban J connectivity index is 1.97. The van der Waals surface area contributed by atoms with Gasteiger partial charge in [-0.15, -0.1) is 0 Å². The van der Waals surface area contributed by atoms with Gasteiger partial charge in [-0.2, -0.15) is 0 Å². The van der Waals surface area contributed by atoms with Gasteiger partial charge in [0.1, 0.15) is 12.4 Å². The Bertz CT molecular complexity index is 418. The Hall–Kier alpha value is -1.26. The molecular formula is C13H16ClNO3. The number of hydrogen-bond acceptors (Lipinski definition) is 3. The minimum atomic E-state index is -0.809. The monoisotopic (exact) mass is 269 g/mol. The lowest BCUT2D eigenvalue weighted by atomic mass is 9.92. The first-order chi connectivity index (χ1) is 8.68. The molecule has 0 aromatic heterocycles. The Morgan fingerprint density at radius 3 is 2.94 bits per heavy atom. The summed E-state index contributed by atoms with van der Waals surface area (Å²) in [7, 11) is 0. The van der Waals surface area contributed by atoms with Gasteiger partial charge in [0.2, 0.25) is 0 Å². The molecule has 1 aromatic rings. The fourth-order valence-electron chi connectivity index (χ4n) is 2.17. The first-order valence-corrected chi connectivity index (χ1v) is 6.37. The number of benzene rings is 1. The van der Waals surface area contributed by atoms with Gasteiger partial charge in [0, 0.05) is 0 Å². The molecule has 1 aliphatic rings. The number of ether oxygens (including phenoxy) is 1. The van der Waals surface area contributed by atoms with E-state index < -0.39 is 11.9 Å². The van der Waals surface area contributed by atoms with Crippen LogP contribution in [0, 0.1) is 11.8 Å². The molecule has 1 fully saturated rings. The van der Waals surface area contributed by atoms with Crippen molar-refractivity contribution in [3.05, 3.63) is 29.3 Å².